The van der Waals surface area contributed by atoms with Crippen molar-refractivity contribution in [3.8, 4) is 0 Å². The molecule has 6 nitrogen and oxygen atoms in total. The Morgan fingerprint density at radius 1 is 1.10 bits per heavy atom. The first-order valence-corrected chi connectivity index (χ1v) is 9.20. The van der Waals surface area contributed by atoms with E-state index in [2.05, 4.69) is 16.0 Å². The summed E-state index contributed by atoms with van der Waals surface area (Å²) in [5.74, 6) is -0.611. The summed E-state index contributed by atoms with van der Waals surface area (Å²) in [6, 6.07) is 19.9. The van der Waals surface area contributed by atoms with Crippen molar-refractivity contribution >= 4 is 39.3 Å². The van der Waals surface area contributed by atoms with Crippen molar-refractivity contribution in [1.82, 2.24) is 4.57 Å². The quantitative estimate of drug-likeness (QED) is 0.491. The second-order valence-electron chi connectivity index (χ2n) is 6.95. The molecule has 0 aliphatic carbocycles. The Hall–Kier alpha value is -3.64. The van der Waals surface area contributed by atoms with Crippen molar-refractivity contribution in [2.75, 3.05) is 5.32 Å². The molecule has 0 atom stereocenters. The fraction of sp³-hybridized carbons (Fsp3) is 0.130. The molecule has 0 saturated heterocycles. The second kappa shape index (κ2) is 7.41. The molecule has 4 N–H and O–H groups in total. The average molecular weight is 386 g/mol. The third-order valence-corrected chi connectivity index (χ3v) is 4.92. The Labute approximate surface area is 167 Å². The van der Waals surface area contributed by atoms with E-state index in [4.69, 9.17) is 5.73 Å². The zero-order valence-corrected chi connectivity index (χ0v) is 15.9. The summed E-state index contributed by atoms with van der Waals surface area (Å²) in [5, 5.41) is 13.9. The van der Waals surface area contributed by atoms with Crippen LogP contribution in [0.5, 0.6) is 0 Å². The summed E-state index contributed by atoms with van der Waals surface area (Å²) in [4.78, 5) is 23.2. The van der Waals surface area contributed by atoms with Crippen molar-refractivity contribution in [1.29, 1.82) is 0 Å². The lowest BCUT2D eigenvalue weighted by atomic mass is 10.0. The summed E-state index contributed by atoms with van der Waals surface area (Å²) in [6.07, 6.45) is 0. The lowest BCUT2D eigenvalue weighted by Gasteiger charge is -2.10. The predicted molar refractivity (Wildman–Crippen MR) is 113 cm³/mol. The highest BCUT2D eigenvalue weighted by Gasteiger charge is 2.17. The first-order valence-electron chi connectivity index (χ1n) is 9.20. The number of hydrogen-bond acceptors (Lipinski definition) is 3. The van der Waals surface area contributed by atoms with Gasteiger partial charge in [-0.05, 0) is 53.6 Å². The number of benzene rings is 3. The van der Waals surface area contributed by atoms with Gasteiger partial charge in [0, 0.05) is 35.5 Å². The van der Waals surface area contributed by atoms with Crippen LogP contribution in [-0.4, -0.2) is 21.5 Å². The molecule has 4 aromatic rings. The first-order chi connectivity index (χ1) is 14.0. The van der Waals surface area contributed by atoms with Gasteiger partial charge in [0.1, 0.15) is 0 Å². The number of aliphatic hydroxyl groups excluding tert-OH is 1. The Balaban J connectivity index is 1.88. The van der Waals surface area contributed by atoms with E-state index in [9.17, 15) is 14.7 Å². The third kappa shape index (κ3) is 3.46. The largest absolute Gasteiger partial charge is 0.392 e. The molecule has 29 heavy (non-hydrogen) atoms. The van der Waals surface area contributed by atoms with E-state index in [0.717, 1.165) is 38.6 Å². The van der Waals surface area contributed by atoms with Crippen molar-refractivity contribution in [2.24, 2.45) is 5.73 Å². The zero-order valence-electron chi connectivity index (χ0n) is 15.9. The molecule has 0 aliphatic rings. The van der Waals surface area contributed by atoms with Crippen LogP contribution < -0.4 is 11.1 Å². The Bertz CT molecular complexity index is 1240. The van der Waals surface area contributed by atoms with Crippen LogP contribution >= 0.6 is 0 Å². The van der Waals surface area contributed by atoms with E-state index >= 15 is 0 Å². The standard InChI is InChI=1S/C23H20N3O3/c1-14(28)25-17-8-5-15(6-9-17)12-26-20-4-2-3-19(23(24)29)22(20)18-10-7-16(13-27)11-21(18)26/h2-9,11,27H,12-13H2,1H3,(H2,24,29)(H,25,28). The van der Waals surface area contributed by atoms with Gasteiger partial charge in [-0.25, -0.2) is 0 Å². The number of nitrogens with one attached hydrogen (secondary N) is 1. The summed E-state index contributed by atoms with van der Waals surface area (Å²) in [7, 11) is 0. The molecular formula is C23H20N3O3. The Kier molecular flexibility index (Phi) is 4.78. The van der Waals surface area contributed by atoms with Gasteiger partial charge in [-0.1, -0.05) is 18.2 Å². The first kappa shape index (κ1) is 18.7. The summed E-state index contributed by atoms with van der Waals surface area (Å²) in [5.41, 5.74) is 10.3. The van der Waals surface area contributed by atoms with Gasteiger partial charge in [0.25, 0.3) is 0 Å². The van der Waals surface area contributed by atoms with Crippen LogP contribution in [-0.2, 0) is 17.9 Å². The van der Waals surface area contributed by atoms with Crippen LogP contribution in [0.25, 0.3) is 21.8 Å². The van der Waals surface area contributed by atoms with Crippen LogP contribution in [0.2, 0.25) is 0 Å². The minimum absolute atomic E-state index is 0.0952. The molecule has 1 aromatic heterocycles. The zero-order chi connectivity index (χ0) is 20.5. The van der Waals surface area contributed by atoms with E-state index in [-0.39, 0.29) is 12.5 Å². The molecule has 0 unspecified atom stereocenters. The van der Waals surface area contributed by atoms with Gasteiger partial charge in [-0.2, -0.15) is 0 Å². The Morgan fingerprint density at radius 2 is 1.86 bits per heavy atom. The highest BCUT2D eigenvalue weighted by Crippen LogP contribution is 2.32. The number of aromatic nitrogens is 1. The molecule has 0 fully saturated rings. The number of hydrogen-bond donors (Lipinski definition) is 3. The normalized spacial score (nSPS) is 11.1. The van der Waals surface area contributed by atoms with Crippen LogP contribution in [0.15, 0.2) is 54.6 Å². The predicted octanol–water partition coefficient (Wildman–Crippen LogP) is 3.19. The van der Waals surface area contributed by atoms with E-state index in [1.54, 1.807) is 12.1 Å². The number of aliphatic hydroxyl groups is 1. The number of nitrogens with zero attached hydrogens (tertiary/aromatic N) is 1. The minimum Gasteiger partial charge on any atom is -0.392 e. The molecular weight excluding hydrogens is 366 g/mol. The van der Waals surface area contributed by atoms with Gasteiger partial charge in [-0.15, -0.1) is 0 Å². The topological polar surface area (TPSA) is 97.3 Å². The minimum atomic E-state index is -0.492. The number of carbonyl (C=O) groups is 2. The van der Waals surface area contributed by atoms with E-state index in [1.807, 2.05) is 42.5 Å². The summed E-state index contributed by atoms with van der Waals surface area (Å²) < 4.78 is 2.08. The smallest absolute Gasteiger partial charge is 0.249 e. The summed E-state index contributed by atoms with van der Waals surface area (Å²) in [6.45, 7) is 1.92. The number of fused-ring (bicyclic) bond motifs is 3. The molecule has 0 spiro atoms. The van der Waals surface area contributed by atoms with Crippen molar-refractivity contribution in [2.45, 2.75) is 20.1 Å². The van der Waals surface area contributed by atoms with E-state index < -0.39 is 5.91 Å². The Morgan fingerprint density at radius 3 is 2.52 bits per heavy atom. The molecule has 6 heteroatoms. The molecule has 0 aliphatic heterocycles. The SMILES string of the molecule is CC(=O)Nc1ccc(Cn2c3cc(CO)c[c]c3c3c(C(N)=O)cccc32)cc1. The monoisotopic (exact) mass is 386 g/mol. The van der Waals surface area contributed by atoms with Gasteiger partial charge in [0.2, 0.25) is 11.8 Å². The maximum Gasteiger partial charge on any atom is 0.249 e. The van der Waals surface area contributed by atoms with Crippen LogP contribution in [0.3, 0.4) is 0 Å². The molecule has 145 valence electrons. The number of carbonyl (C=O) groups excluding carboxylic acids is 2. The maximum absolute atomic E-state index is 12.0. The molecule has 4 rings (SSSR count). The third-order valence-electron chi connectivity index (χ3n) is 4.92. The van der Waals surface area contributed by atoms with Gasteiger partial charge in [0.15, 0.2) is 0 Å². The van der Waals surface area contributed by atoms with Gasteiger partial charge < -0.3 is 20.7 Å². The van der Waals surface area contributed by atoms with Crippen molar-refractivity contribution in [3.63, 3.8) is 0 Å². The molecule has 0 bridgehead atoms. The second-order valence-corrected chi connectivity index (χ2v) is 6.95. The highest BCUT2D eigenvalue weighted by molar-refractivity contribution is 6.17. The molecule has 1 radical (unpaired) electrons. The molecule has 3 aromatic carbocycles. The van der Waals surface area contributed by atoms with Gasteiger partial charge in [0.05, 0.1) is 17.6 Å². The molecule has 0 saturated carbocycles. The lowest BCUT2D eigenvalue weighted by molar-refractivity contribution is -0.114. The fourth-order valence-corrected chi connectivity index (χ4v) is 3.65. The number of nitrogens with two attached hydrogens (primary N) is 1. The average Bonchev–Trinajstić information content (AvgIpc) is 3.02. The van der Waals surface area contributed by atoms with Crippen LogP contribution in [0, 0.1) is 6.07 Å². The molecule has 2 amide bonds. The maximum atomic E-state index is 12.0. The molecule has 1 heterocycles. The number of rotatable bonds is 5. The highest BCUT2D eigenvalue weighted by atomic mass is 16.3. The fourth-order valence-electron chi connectivity index (χ4n) is 3.65. The van der Waals surface area contributed by atoms with Crippen LogP contribution in [0.1, 0.15) is 28.4 Å². The van der Waals surface area contributed by atoms with E-state index in [1.165, 1.54) is 6.92 Å². The van der Waals surface area contributed by atoms with E-state index in [0.29, 0.717) is 12.1 Å². The van der Waals surface area contributed by atoms with Crippen molar-refractivity contribution < 1.29 is 14.7 Å². The van der Waals surface area contributed by atoms with Crippen LogP contribution in [0.4, 0.5) is 5.69 Å². The number of primary amides is 1. The number of amides is 2. The van der Waals surface area contributed by atoms with Crippen molar-refractivity contribution in [3.05, 3.63) is 77.4 Å². The summed E-state index contributed by atoms with van der Waals surface area (Å²) >= 11 is 0. The van der Waals surface area contributed by atoms with Gasteiger partial charge in [-0.3, -0.25) is 9.59 Å². The van der Waals surface area contributed by atoms with Gasteiger partial charge >= 0.3 is 0 Å². The lowest BCUT2D eigenvalue weighted by Crippen LogP contribution is -2.11. The number of anilines is 1.